The number of nitrogens with one attached hydrogen (secondary N) is 1. The Hall–Kier alpha value is -1.65. The molecule has 106 valence electrons. The third-order valence-electron chi connectivity index (χ3n) is 4.24. The zero-order chi connectivity index (χ0) is 13.8. The first-order valence-corrected chi connectivity index (χ1v) is 7.26. The number of aromatic nitrogens is 2. The van der Waals surface area contributed by atoms with Crippen molar-refractivity contribution in [1.29, 1.82) is 0 Å². The van der Waals surface area contributed by atoms with Crippen molar-refractivity contribution in [3.63, 3.8) is 0 Å². The third-order valence-corrected chi connectivity index (χ3v) is 4.24. The Kier molecular flexibility index (Phi) is 3.85. The van der Waals surface area contributed by atoms with Crippen molar-refractivity contribution in [1.82, 2.24) is 15.1 Å². The maximum atomic E-state index is 9.59. The Balaban J connectivity index is 1.64. The van der Waals surface area contributed by atoms with Crippen LogP contribution >= 0.6 is 0 Å². The molecule has 0 bridgehead atoms. The zero-order valence-electron chi connectivity index (χ0n) is 11.6. The standard InChI is InChI=1S/C16H21N3O/c20-13-16(8-1-2-9-16)17-12-14-4-6-15(7-5-14)19-11-3-10-18-19/h3-7,10-11,17,20H,1-2,8-9,12-13H2. The molecule has 20 heavy (non-hydrogen) atoms. The molecule has 0 amide bonds. The van der Waals surface area contributed by atoms with Gasteiger partial charge in [-0.2, -0.15) is 5.10 Å². The molecule has 2 N–H and O–H groups in total. The van der Waals surface area contributed by atoms with Crippen molar-refractivity contribution in [2.45, 2.75) is 37.8 Å². The van der Waals surface area contributed by atoms with Gasteiger partial charge in [-0.3, -0.25) is 0 Å². The first kappa shape index (κ1) is 13.3. The Morgan fingerprint density at radius 2 is 1.95 bits per heavy atom. The van der Waals surface area contributed by atoms with Gasteiger partial charge in [0.1, 0.15) is 0 Å². The average molecular weight is 271 g/mol. The monoisotopic (exact) mass is 271 g/mol. The molecule has 1 fully saturated rings. The quantitative estimate of drug-likeness (QED) is 0.877. The van der Waals surface area contributed by atoms with Crippen LogP contribution in [0.15, 0.2) is 42.7 Å². The molecule has 4 nitrogen and oxygen atoms in total. The summed E-state index contributed by atoms with van der Waals surface area (Å²) in [6, 6.07) is 10.3. The topological polar surface area (TPSA) is 50.1 Å². The molecular weight excluding hydrogens is 250 g/mol. The molecule has 1 aromatic carbocycles. The van der Waals surface area contributed by atoms with E-state index < -0.39 is 0 Å². The van der Waals surface area contributed by atoms with Crippen molar-refractivity contribution >= 4 is 0 Å². The number of aliphatic hydroxyl groups is 1. The van der Waals surface area contributed by atoms with Crippen molar-refractivity contribution in [2.24, 2.45) is 0 Å². The maximum Gasteiger partial charge on any atom is 0.0645 e. The van der Waals surface area contributed by atoms with Gasteiger partial charge in [0, 0.05) is 24.5 Å². The number of hydrogen-bond acceptors (Lipinski definition) is 3. The van der Waals surface area contributed by atoms with E-state index in [4.69, 9.17) is 0 Å². The van der Waals surface area contributed by atoms with Crippen LogP contribution in [0, 0.1) is 0 Å². The zero-order valence-corrected chi connectivity index (χ0v) is 11.6. The predicted molar refractivity (Wildman–Crippen MR) is 78.7 cm³/mol. The largest absolute Gasteiger partial charge is 0.394 e. The van der Waals surface area contributed by atoms with E-state index in [-0.39, 0.29) is 12.1 Å². The minimum Gasteiger partial charge on any atom is -0.394 e. The van der Waals surface area contributed by atoms with E-state index in [1.54, 1.807) is 6.20 Å². The Bertz CT molecular complexity index is 527. The van der Waals surface area contributed by atoms with E-state index >= 15 is 0 Å². The van der Waals surface area contributed by atoms with Gasteiger partial charge in [0.15, 0.2) is 0 Å². The molecule has 1 aliphatic carbocycles. The Morgan fingerprint density at radius 1 is 1.20 bits per heavy atom. The van der Waals surface area contributed by atoms with Crippen molar-refractivity contribution in [3.8, 4) is 5.69 Å². The third kappa shape index (κ3) is 2.76. The summed E-state index contributed by atoms with van der Waals surface area (Å²) < 4.78 is 1.85. The Labute approximate surface area is 119 Å². The molecule has 0 aliphatic heterocycles. The molecule has 4 heteroatoms. The van der Waals surface area contributed by atoms with E-state index in [1.165, 1.54) is 18.4 Å². The van der Waals surface area contributed by atoms with E-state index in [2.05, 4.69) is 34.7 Å². The number of nitrogens with zero attached hydrogens (tertiary/aromatic N) is 2. The lowest BCUT2D eigenvalue weighted by Gasteiger charge is -2.28. The van der Waals surface area contributed by atoms with E-state index in [1.807, 2.05) is 16.9 Å². The van der Waals surface area contributed by atoms with Crippen LogP contribution in [0.1, 0.15) is 31.2 Å². The first-order chi connectivity index (χ1) is 9.81. The highest BCUT2D eigenvalue weighted by Crippen LogP contribution is 2.29. The molecule has 1 aromatic heterocycles. The maximum absolute atomic E-state index is 9.59. The van der Waals surface area contributed by atoms with Crippen LogP contribution < -0.4 is 5.32 Å². The lowest BCUT2D eigenvalue weighted by Crippen LogP contribution is -2.45. The van der Waals surface area contributed by atoms with Crippen LogP contribution in [0.3, 0.4) is 0 Å². The molecule has 0 unspecified atom stereocenters. The van der Waals surface area contributed by atoms with Crippen LogP contribution in [0.5, 0.6) is 0 Å². The smallest absolute Gasteiger partial charge is 0.0645 e. The normalized spacial score (nSPS) is 17.4. The molecule has 0 spiro atoms. The summed E-state index contributed by atoms with van der Waals surface area (Å²) in [5, 5.41) is 17.3. The summed E-state index contributed by atoms with van der Waals surface area (Å²) in [7, 11) is 0. The lowest BCUT2D eigenvalue weighted by atomic mass is 9.98. The minimum atomic E-state index is -0.0549. The molecule has 2 aromatic rings. The summed E-state index contributed by atoms with van der Waals surface area (Å²) in [5.74, 6) is 0. The van der Waals surface area contributed by atoms with Gasteiger partial charge < -0.3 is 10.4 Å². The highest BCUT2D eigenvalue weighted by Gasteiger charge is 2.32. The summed E-state index contributed by atoms with van der Waals surface area (Å²) in [4.78, 5) is 0. The summed E-state index contributed by atoms with van der Waals surface area (Å²) in [5.41, 5.74) is 2.25. The molecule has 1 heterocycles. The lowest BCUT2D eigenvalue weighted by molar-refractivity contribution is 0.163. The van der Waals surface area contributed by atoms with Crippen molar-refractivity contribution in [3.05, 3.63) is 48.3 Å². The fourth-order valence-corrected chi connectivity index (χ4v) is 2.92. The van der Waals surface area contributed by atoms with Gasteiger partial charge in [-0.25, -0.2) is 4.68 Å². The highest BCUT2D eigenvalue weighted by atomic mass is 16.3. The second-order valence-corrected chi connectivity index (χ2v) is 5.62. The summed E-state index contributed by atoms with van der Waals surface area (Å²) in [6.07, 6.45) is 8.30. The van der Waals surface area contributed by atoms with E-state index in [9.17, 15) is 5.11 Å². The van der Waals surface area contributed by atoms with Gasteiger partial charge in [0.2, 0.25) is 0 Å². The second-order valence-electron chi connectivity index (χ2n) is 5.62. The molecule has 1 aliphatic rings. The molecule has 0 radical (unpaired) electrons. The first-order valence-electron chi connectivity index (χ1n) is 7.26. The number of benzene rings is 1. The fourth-order valence-electron chi connectivity index (χ4n) is 2.92. The van der Waals surface area contributed by atoms with E-state index in [0.29, 0.717) is 0 Å². The SMILES string of the molecule is OCC1(NCc2ccc(-n3cccn3)cc2)CCCC1. The minimum absolute atomic E-state index is 0.0549. The van der Waals surface area contributed by atoms with Crippen LogP contribution in [-0.2, 0) is 6.54 Å². The van der Waals surface area contributed by atoms with Crippen LogP contribution in [0.2, 0.25) is 0 Å². The van der Waals surface area contributed by atoms with Gasteiger partial charge in [-0.1, -0.05) is 25.0 Å². The average Bonchev–Trinajstić information content (AvgIpc) is 3.18. The number of hydrogen-bond donors (Lipinski definition) is 2. The molecule has 0 atom stereocenters. The summed E-state index contributed by atoms with van der Waals surface area (Å²) >= 11 is 0. The van der Waals surface area contributed by atoms with Crippen LogP contribution in [0.4, 0.5) is 0 Å². The Morgan fingerprint density at radius 3 is 2.55 bits per heavy atom. The van der Waals surface area contributed by atoms with E-state index in [0.717, 1.165) is 25.1 Å². The van der Waals surface area contributed by atoms with Crippen molar-refractivity contribution in [2.75, 3.05) is 6.61 Å². The van der Waals surface area contributed by atoms with Crippen LogP contribution in [-0.4, -0.2) is 27.0 Å². The number of rotatable bonds is 5. The molecule has 3 rings (SSSR count). The van der Waals surface area contributed by atoms with Gasteiger partial charge >= 0.3 is 0 Å². The highest BCUT2D eigenvalue weighted by molar-refractivity contribution is 5.33. The fraction of sp³-hybridized carbons (Fsp3) is 0.438. The number of aliphatic hydroxyl groups excluding tert-OH is 1. The van der Waals surface area contributed by atoms with Crippen molar-refractivity contribution < 1.29 is 5.11 Å². The van der Waals surface area contributed by atoms with Gasteiger partial charge in [-0.05, 0) is 36.6 Å². The predicted octanol–water partition coefficient (Wildman–Crippen LogP) is 2.27. The second kappa shape index (κ2) is 5.77. The summed E-state index contributed by atoms with van der Waals surface area (Å²) in [6.45, 7) is 1.04. The van der Waals surface area contributed by atoms with Gasteiger partial charge in [-0.15, -0.1) is 0 Å². The molecular formula is C16H21N3O. The van der Waals surface area contributed by atoms with Gasteiger partial charge in [0.25, 0.3) is 0 Å². The molecule has 1 saturated carbocycles. The van der Waals surface area contributed by atoms with Crippen LogP contribution in [0.25, 0.3) is 5.69 Å². The molecule has 0 saturated heterocycles. The van der Waals surface area contributed by atoms with Gasteiger partial charge in [0.05, 0.1) is 12.3 Å².